The number of carbonyl (C=O) groups is 1. The van der Waals surface area contributed by atoms with Crippen molar-refractivity contribution in [3.05, 3.63) is 27.7 Å². The summed E-state index contributed by atoms with van der Waals surface area (Å²) in [4.78, 5) is 23.8. The fraction of sp³-hybridized carbons (Fsp3) is 0.143. The number of carboxylic acids is 1. The highest BCUT2D eigenvalue weighted by atomic mass is 16.4. The Morgan fingerprint density at radius 2 is 2.17 bits per heavy atom. The fourth-order valence-electron chi connectivity index (χ4n) is 0.771. The number of aromatic nitrogens is 1. The Bertz CT molecular complexity index is 379. The van der Waals surface area contributed by atoms with Crippen LogP contribution in [-0.4, -0.2) is 21.2 Å². The number of pyridine rings is 1. The lowest BCUT2D eigenvalue weighted by atomic mass is 10.2. The van der Waals surface area contributed by atoms with Gasteiger partial charge >= 0.3 is 5.97 Å². The van der Waals surface area contributed by atoms with Crippen LogP contribution in [-0.2, 0) is 0 Å². The van der Waals surface area contributed by atoms with Crippen molar-refractivity contribution in [1.29, 1.82) is 0 Å². The zero-order valence-electron chi connectivity index (χ0n) is 6.29. The Balaban J connectivity index is 3.47. The monoisotopic (exact) mass is 169 g/mol. The highest BCUT2D eigenvalue weighted by Crippen LogP contribution is 2.06. The third-order valence-corrected chi connectivity index (χ3v) is 1.48. The van der Waals surface area contributed by atoms with Crippen molar-refractivity contribution in [1.82, 2.24) is 4.98 Å². The average molecular weight is 169 g/mol. The predicted octanol–water partition coefficient (Wildman–Crippen LogP) is 0.0871. The fourth-order valence-corrected chi connectivity index (χ4v) is 0.771. The molecule has 5 nitrogen and oxygen atoms in total. The summed E-state index contributed by atoms with van der Waals surface area (Å²) in [5.41, 5.74) is -1.07. The van der Waals surface area contributed by atoms with Crippen LogP contribution in [0.15, 0.2) is 11.0 Å². The summed E-state index contributed by atoms with van der Waals surface area (Å²) in [7, 11) is 0. The maximum absolute atomic E-state index is 11.0. The molecule has 0 radical (unpaired) electrons. The molecule has 0 aliphatic carbocycles. The van der Waals surface area contributed by atoms with E-state index in [9.17, 15) is 9.59 Å². The number of H-pyrrole nitrogens is 1. The number of aromatic hydroxyl groups is 1. The second kappa shape index (κ2) is 2.69. The van der Waals surface area contributed by atoms with Crippen LogP contribution in [0.3, 0.4) is 0 Å². The maximum atomic E-state index is 11.0. The molecule has 1 rings (SSSR count). The average Bonchev–Trinajstić information content (AvgIpc) is 2.00. The summed E-state index contributed by atoms with van der Waals surface area (Å²) in [6, 6.07) is 0. The van der Waals surface area contributed by atoms with Gasteiger partial charge < -0.3 is 15.2 Å². The summed E-state index contributed by atoms with van der Waals surface area (Å²) in [6.07, 6.45) is 1.06. The van der Waals surface area contributed by atoms with Gasteiger partial charge in [0.25, 0.3) is 0 Å². The van der Waals surface area contributed by atoms with Gasteiger partial charge in [-0.2, -0.15) is 0 Å². The number of aryl methyl sites for hydroxylation is 1. The SMILES string of the molecule is Cc1[nH]cc(C(=O)O)c(=O)c1O. The van der Waals surface area contributed by atoms with Gasteiger partial charge in [-0.25, -0.2) is 4.79 Å². The van der Waals surface area contributed by atoms with E-state index in [1.807, 2.05) is 0 Å². The first-order valence-electron chi connectivity index (χ1n) is 3.18. The van der Waals surface area contributed by atoms with E-state index in [4.69, 9.17) is 10.2 Å². The lowest BCUT2D eigenvalue weighted by Gasteiger charge is -1.98. The number of aromatic amines is 1. The number of aromatic carboxylic acids is 1. The van der Waals surface area contributed by atoms with Gasteiger partial charge in [0.2, 0.25) is 5.43 Å². The third kappa shape index (κ3) is 1.16. The van der Waals surface area contributed by atoms with Crippen LogP contribution in [0.25, 0.3) is 0 Å². The summed E-state index contributed by atoms with van der Waals surface area (Å²) < 4.78 is 0. The van der Waals surface area contributed by atoms with Crippen LogP contribution in [0.1, 0.15) is 16.1 Å². The second-order valence-electron chi connectivity index (χ2n) is 2.31. The summed E-state index contributed by atoms with van der Waals surface area (Å²) in [6.45, 7) is 1.47. The third-order valence-electron chi connectivity index (χ3n) is 1.48. The van der Waals surface area contributed by atoms with Crippen LogP contribution in [0.4, 0.5) is 0 Å². The normalized spacial score (nSPS) is 9.75. The number of hydrogen-bond acceptors (Lipinski definition) is 3. The van der Waals surface area contributed by atoms with Crippen LogP contribution < -0.4 is 5.43 Å². The topological polar surface area (TPSA) is 90.4 Å². The van der Waals surface area contributed by atoms with E-state index < -0.39 is 22.7 Å². The van der Waals surface area contributed by atoms with E-state index in [1.165, 1.54) is 6.92 Å². The molecular formula is C7H7NO4. The van der Waals surface area contributed by atoms with Gasteiger partial charge in [-0.05, 0) is 6.92 Å². The van der Waals surface area contributed by atoms with Crippen molar-refractivity contribution >= 4 is 5.97 Å². The summed E-state index contributed by atoms with van der Waals surface area (Å²) in [5, 5.41) is 17.5. The molecule has 0 unspecified atom stereocenters. The largest absolute Gasteiger partial charge is 0.503 e. The van der Waals surface area contributed by atoms with E-state index in [2.05, 4.69) is 4.98 Å². The van der Waals surface area contributed by atoms with Crippen molar-refractivity contribution < 1.29 is 15.0 Å². The van der Waals surface area contributed by atoms with Crippen molar-refractivity contribution in [3.8, 4) is 5.75 Å². The molecular weight excluding hydrogens is 162 g/mol. The molecule has 0 saturated heterocycles. The van der Waals surface area contributed by atoms with Gasteiger partial charge in [0.05, 0.1) is 5.69 Å². The Morgan fingerprint density at radius 3 is 2.67 bits per heavy atom. The van der Waals surface area contributed by atoms with Gasteiger partial charge in [-0.1, -0.05) is 0 Å². The van der Waals surface area contributed by atoms with E-state index in [0.29, 0.717) is 0 Å². The van der Waals surface area contributed by atoms with E-state index in [1.54, 1.807) is 0 Å². The molecule has 0 aromatic carbocycles. The van der Waals surface area contributed by atoms with Gasteiger partial charge in [-0.15, -0.1) is 0 Å². The Labute approximate surface area is 67.3 Å². The minimum Gasteiger partial charge on any atom is -0.503 e. The highest BCUT2D eigenvalue weighted by Gasteiger charge is 2.12. The first kappa shape index (κ1) is 8.32. The molecule has 5 heteroatoms. The Morgan fingerprint density at radius 1 is 1.58 bits per heavy atom. The first-order chi connectivity index (χ1) is 5.54. The number of rotatable bonds is 1. The molecule has 1 heterocycles. The second-order valence-corrected chi connectivity index (χ2v) is 2.31. The van der Waals surface area contributed by atoms with E-state index >= 15 is 0 Å². The molecule has 1 aromatic rings. The Hall–Kier alpha value is -1.78. The van der Waals surface area contributed by atoms with Crippen molar-refractivity contribution in [2.45, 2.75) is 6.92 Å². The minimum absolute atomic E-state index is 0.255. The van der Waals surface area contributed by atoms with Gasteiger partial charge in [0.15, 0.2) is 5.75 Å². The van der Waals surface area contributed by atoms with E-state index in [0.717, 1.165) is 6.20 Å². The summed E-state index contributed by atoms with van der Waals surface area (Å²) in [5.74, 6) is -1.90. The molecule has 0 aliphatic heterocycles. The van der Waals surface area contributed by atoms with Gasteiger partial charge in [-0.3, -0.25) is 4.79 Å². The minimum atomic E-state index is -1.36. The molecule has 0 aliphatic rings. The van der Waals surface area contributed by atoms with Crippen LogP contribution in [0.5, 0.6) is 5.75 Å². The quantitative estimate of drug-likeness (QED) is 0.555. The molecule has 0 amide bonds. The molecule has 3 N–H and O–H groups in total. The molecule has 1 aromatic heterocycles. The predicted molar refractivity (Wildman–Crippen MR) is 40.4 cm³/mol. The van der Waals surface area contributed by atoms with Crippen molar-refractivity contribution in [3.63, 3.8) is 0 Å². The molecule has 12 heavy (non-hydrogen) atoms. The van der Waals surface area contributed by atoms with Crippen LogP contribution >= 0.6 is 0 Å². The molecule has 0 saturated carbocycles. The first-order valence-corrected chi connectivity index (χ1v) is 3.18. The zero-order valence-corrected chi connectivity index (χ0v) is 6.29. The lowest BCUT2D eigenvalue weighted by Crippen LogP contribution is -2.15. The van der Waals surface area contributed by atoms with Gasteiger partial charge in [0.1, 0.15) is 5.56 Å². The van der Waals surface area contributed by atoms with Gasteiger partial charge in [0, 0.05) is 6.20 Å². The maximum Gasteiger partial charge on any atom is 0.341 e. The number of nitrogens with one attached hydrogen (secondary N) is 1. The smallest absolute Gasteiger partial charge is 0.341 e. The standard InChI is InChI=1S/C7H7NO4/c1-3-5(9)6(10)4(2-8-3)7(11)12/h2,9H,1H3,(H,8,10)(H,11,12). The number of carboxylic acid groups (broad SMARTS) is 1. The van der Waals surface area contributed by atoms with Crippen LogP contribution in [0, 0.1) is 6.92 Å². The zero-order chi connectivity index (χ0) is 9.30. The van der Waals surface area contributed by atoms with Crippen LogP contribution in [0.2, 0.25) is 0 Å². The van der Waals surface area contributed by atoms with Crippen molar-refractivity contribution in [2.24, 2.45) is 0 Å². The highest BCUT2D eigenvalue weighted by molar-refractivity contribution is 5.87. The number of hydrogen-bond donors (Lipinski definition) is 3. The Kier molecular flexibility index (Phi) is 1.86. The van der Waals surface area contributed by atoms with Crippen molar-refractivity contribution in [2.75, 3.05) is 0 Å². The summed E-state index contributed by atoms with van der Waals surface area (Å²) >= 11 is 0. The molecule has 64 valence electrons. The molecule has 0 atom stereocenters. The molecule has 0 spiro atoms. The van der Waals surface area contributed by atoms with E-state index in [-0.39, 0.29) is 5.69 Å². The molecule has 0 fully saturated rings. The molecule has 0 bridgehead atoms. The lowest BCUT2D eigenvalue weighted by molar-refractivity contribution is 0.0694.